The summed E-state index contributed by atoms with van der Waals surface area (Å²) >= 11 is 0. The Kier molecular flexibility index (Phi) is 4.43. The van der Waals surface area contributed by atoms with E-state index in [0.29, 0.717) is 30.5 Å². The van der Waals surface area contributed by atoms with Gasteiger partial charge in [-0.25, -0.2) is 0 Å². The Bertz CT molecular complexity index is 328. The van der Waals surface area contributed by atoms with E-state index in [9.17, 15) is 9.00 Å². The second-order valence-corrected chi connectivity index (χ2v) is 7.60. The molecule has 2 heterocycles. The van der Waals surface area contributed by atoms with Crippen molar-refractivity contribution in [2.75, 3.05) is 37.7 Å². The van der Waals surface area contributed by atoms with E-state index in [1.807, 2.05) is 4.90 Å². The van der Waals surface area contributed by atoms with Crippen LogP contribution in [0, 0.1) is 11.3 Å². The zero-order chi connectivity index (χ0) is 13.2. The van der Waals surface area contributed by atoms with Crippen molar-refractivity contribution in [2.24, 2.45) is 11.3 Å². The first-order valence-corrected chi connectivity index (χ1v) is 8.35. The topological polar surface area (TPSA) is 49.4 Å². The first kappa shape index (κ1) is 14.0. The van der Waals surface area contributed by atoms with Crippen LogP contribution in [0.4, 0.5) is 0 Å². The van der Waals surface area contributed by atoms with Crippen molar-refractivity contribution in [1.82, 2.24) is 10.2 Å². The second-order valence-electron chi connectivity index (χ2n) is 5.91. The lowest BCUT2D eigenvalue weighted by Gasteiger charge is -2.40. The number of carbonyl (C=O) groups excluding carboxylic acids is 1. The van der Waals surface area contributed by atoms with E-state index in [2.05, 4.69) is 19.2 Å². The lowest BCUT2D eigenvalue weighted by atomic mass is 9.74. The molecule has 1 unspecified atom stereocenters. The quantitative estimate of drug-likeness (QED) is 0.801. The SMILES string of the molecule is CC(C)(C(=O)N1CCS(=O)CC1)C1CCCNC1. The van der Waals surface area contributed by atoms with Crippen LogP contribution < -0.4 is 5.32 Å². The maximum Gasteiger partial charge on any atom is 0.228 e. The van der Waals surface area contributed by atoms with Gasteiger partial charge in [-0.2, -0.15) is 0 Å². The van der Waals surface area contributed by atoms with Crippen LogP contribution >= 0.6 is 0 Å². The summed E-state index contributed by atoms with van der Waals surface area (Å²) in [6, 6.07) is 0. The predicted molar refractivity (Wildman–Crippen MR) is 73.8 cm³/mol. The summed E-state index contributed by atoms with van der Waals surface area (Å²) < 4.78 is 11.3. The van der Waals surface area contributed by atoms with E-state index >= 15 is 0 Å². The second kappa shape index (κ2) is 5.70. The fraction of sp³-hybridized carbons (Fsp3) is 0.923. The van der Waals surface area contributed by atoms with E-state index in [-0.39, 0.29) is 11.3 Å². The van der Waals surface area contributed by atoms with Crippen LogP contribution in [0.15, 0.2) is 0 Å². The number of nitrogens with zero attached hydrogens (tertiary/aromatic N) is 1. The average Bonchev–Trinajstić information content (AvgIpc) is 2.40. The van der Waals surface area contributed by atoms with Crippen LogP contribution in [0.3, 0.4) is 0 Å². The fourth-order valence-corrected chi connectivity index (χ4v) is 3.94. The monoisotopic (exact) mass is 272 g/mol. The summed E-state index contributed by atoms with van der Waals surface area (Å²) in [5.74, 6) is 1.95. The first-order valence-electron chi connectivity index (χ1n) is 6.87. The van der Waals surface area contributed by atoms with Gasteiger partial charge in [-0.1, -0.05) is 13.8 Å². The van der Waals surface area contributed by atoms with Crippen molar-refractivity contribution in [3.05, 3.63) is 0 Å². The number of hydrogen-bond acceptors (Lipinski definition) is 3. The van der Waals surface area contributed by atoms with Crippen LogP contribution in [-0.2, 0) is 15.6 Å². The first-order chi connectivity index (χ1) is 8.51. The highest BCUT2D eigenvalue weighted by Crippen LogP contribution is 2.33. The molecule has 2 aliphatic rings. The van der Waals surface area contributed by atoms with Gasteiger partial charge in [-0.3, -0.25) is 9.00 Å². The van der Waals surface area contributed by atoms with Crippen LogP contribution in [0.1, 0.15) is 26.7 Å². The number of rotatable bonds is 2. The molecule has 104 valence electrons. The third kappa shape index (κ3) is 2.94. The number of hydrogen-bond donors (Lipinski definition) is 1. The number of piperidine rings is 1. The largest absolute Gasteiger partial charge is 0.340 e. The van der Waals surface area contributed by atoms with E-state index in [1.54, 1.807) is 0 Å². The molecule has 18 heavy (non-hydrogen) atoms. The van der Waals surface area contributed by atoms with Crippen molar-refractivity contribution in [2.45, 2.75) is 26.7 Å². The lowest BCUT2D eigenvalue weighted by Crippen LogP contribution is -2.52. The molecule has 0 aromatic carbocycles. The number of nitrogens with one attached hydrogen (secondary N) is 1. The molecule has 1 atom stereocenters. The van der Waals surface area contributed by atoms with Crippen molar-refractivity contribution in [1.29, 1.82) is 0 Å². The highest BCUT2D eigenvalue weighted by atomic mass is 32.2. The molecule has 0 spiro atoms. The molecule has 2 saturated heterocycles. The van der Waals surface area contributed by atoms with Gasteiger partial charge < -0.3 is 10.2 Å². The minimum atomic E-state index is -0.715. The van der Waals surface area contributed by atoms with E-state index < -0.39 is 10.8 Å². The Morgan fingerprint density at radius 1 is 1.33 bits per heavy atom. The number of amides is 1. The van der Waals surface area contributed by atoms with Gasteiger partial charge in [0.2, 0.25) is 5.91 Å². The molecule has 0 aromatic heterocycles. The summed E-state index contributed by atoms with van der Waals surface area (Å²) in [5.41, 5.74) is -0.299. The minimum absolute atomic E-state index is 0.243. The summed E-state index contributed by atoms with van der Waals surface area (Å²) in [4.78, 5) is 14.5. The smallest absolute Gasteiger partial charge is 0.228 e. The van der Waals surface area contributed by atoms with Gasteiger partial charge in [0.1, 0.15) is 0 Å². The lowest BCUT2D eigenvalue weighted by molar-refractivity contribution is -0.143. The minimum Gasteiger partial charge on any atom is -0.340 e. The molecule has 1 N–H and O–H groups in total. The Balaban J connectivity index is 1.99. The molecule has 0 aromatic rings. The van der Waals surface area contributed by atoms with Gasteiger partial charge >= 0.3 is 0 Å². The van der Waals surface area contributed by atoms with Gasteiger partial charge in [0.15, 0.2) is 0 Å². The third-order valence-corrected chi connectivity index (χ3v) is 5.61. The maximum absolute atomic E-state index is 12.6. The van der Waals surface area contributed by atoms with Crippen LogP contribution in [0.25, 0.3) is 0 Å². The Hall–Kier alpha value is -0.420. The summed E-state index contributed by atoms with van der Waals surface area (Å²) in [6.07, 6.45) is 2.29. The molecule has 2 rings (SSSR count). The molecule has 2 aliphatic heterocycles. The van der Waals surface area contributed by atoms with Crippen molar-refractivity contribution < 1.29 is 9.00 Å². The maximum atomic E-state index is 12.6. The summed E-state index contributed by atoms with van der Waals surface area (Å²) in [6.45, 7) is 7.48. The van der Waals surface area contributed by atoms with Gasteiger partial charge in [-0.15, -0.1) is 0 Å². The molecule has 0 saturated carbocycles. The van der Waals surface area contributed by atoms with Crippen LogP contribution in [0.5, 0.6) is 0 Å². The van der Waals surface area contributed by atoms with E-state index in [4.69, 9.17) is 0 Å². The molecule has 2 fully saturated rings. The molecule has 1 amide bonds. The zero-order valence-electron chi connectivity index (χ0n) is 11.4. The van der Waals surface area contributed by atoms with Crippen molar-refractivity contribution >= 4 is 16.7 Å². The predicted octanol–water partition coefficient (Wildman–Crippen LogP) is 0.603. The Morgan fingerprint density at radius 2 is 2.00 bits per heavy atom. The third-order valence-electron chi connectivity index (χ3n) is 4.33. The van der Waals surface area contributed by atoms with Crippen molar-refractivity contribution in [3.63, 3.8) is 0 Å². The van der Waals surface area contributed by atoms with Gasteiger partial charge in [0.05, 0.1) is 0 Å². The molecule has 5 heteroatoms. The highest BCUT2D eigenvalue weighted by molar-refractivity contribution is 7.85. The Labute approximate surface area is 112 Å². The van der Waals surface area contributed by atoms with Crippen LogP contribution in [0.2, 0.25) is 0 Å². The average molecular weight is 272 g/mol. The molecule has 0 radical (unpaired) electrons. The molecule has 4 nitrogen and oxygen atoms in total. The molecular formula is C13H24N2O2S. The summed E-state index contributed by atoms with van der Waals surface area (Å²) in [5, 5.41) is 3.39. The Morgan fingerprint density at radius 3 is 2.56 bits per heavy atom. The standard InChI is InChI=1S/C13H24N2O2S/c1-13(2,11-4-3-5-14-10-11)12(16)15-6-8-18(17)9-7-15/h11,14H,3-10H2,1-2H3. The van der Waals surface area contributed by atoms with Gasteiger partial charge in [0, 0.05) is 40.8 Å². The molecule has 0 aliphatic carbocycles. The van der Waals surface area contributed by atoms with Gasteiger partial charge in [-0.05, 0) is 31.8 Å². The highest BCUT2D eigenvalue weighted by Gasteiger charge is 2.40. The van der Waals surface area contributed by atoms with Gasteiger partial charge in [0.25, 0.3) is 0 Å². The fourth-order valence-electron chi connectivity index (χ4n) is 2.89. The zero-order valence-corrected chi connectivity index (χ0v) is 12.2. The van der Waals surface area contributed by atoms with Crippen LogP contribution in [-0.4, -0.2) is 52.7 Å². The van der Waals surface area contributed by atoms with E-state index in [0.717, 1.165) is 25.9 Å². The number of carbonyl (C=O) groups is 1. The molecular weight excluding hydrogens is 248 g/mol. The normalized spacial score (nSPS) is 27.2. The molecule has 0 bridgehead atoms. The van der Waals surface area contributed by atoms with Crippen molar-refractivity contribution in [3.8, 4) is 0 Å². The summed E-state index contributed by atoms with van der Waals surface area (Å²) in [7, 11) is -0.715. The van der Waals surface area contributed by atoms with E-state index in [1.165, 1.54) is 0 Å².